The van der Waals surface area contributed by atoms with E-state index in [1.54, 1.807) is 0 Å². The van der Waals surface area contributed by atoms with Crippen LogP contribution in [0.25, 0.3) is 0 Å². The second-order valence-electron chi connectivity index (χ2n) is 4.82. The number of benzene rings is 2. The predicted octanol–water partition coefficient (Wildman–Crippen LogP) is 5.35. The first-order valence-electron chi connectivity index (χ1n) is 7.07. The fourth-order valence-corrected chi connectivity index (χ4v) is 3.19. The highest BCUT2D eigenvalue weighted by Crippen LogP contribution is 2.37. The van der Waals surface area contributed by atoms with Gasteiger partial charge in [-0.2, -0.15) is 0 Å². The Morgan fingerprint density at radius 2 is 1.57 bits per heavy atom. The molecule has 0 aliphatic rings. The maximum absolute atomic E-state index is 9.47. The van der Waals surface area contributed by atoms with Crippen molar-refractivity contribution in [1.29, 1.82) is 0 Å². The molecule has 0 atom stereocenters. The minimum Gasteiger partial charge on any atom is -0.392 e. The SMILES string of the molecule is CCc1c(Cl)cc(Cl)c(CC)c1Nc1ccccc1CO. The summed E-state index contributed by atoms with van der Waals surface area (Å²) in [4.78, 5) is 0. The Labute approximate surface area is 135 Å². The van der Waals surface area contributed by atoms with Gasteiger partial charge in [-0.15, -0.1) is 0 Å². The average Bonchev–Trinajstić information content (AvgIpc) is 2.48. The normalized spacial score (nSPS) is 10.7. The van der Waals surface area contributed by atoms with E-state index in [1.165, 1.54) is 0 Å². The first kappa shape index (κ1) is 16.2. The van der Waals surface area contributed by atoms with E-state index >= 15 is 0 Å². The molecule has 21 heavy (non-hydrogen) atoms. The topological polar surface area (TPSA) is 32.3 Å². The molecule has 0 aromatic heterocycles. The van der Waals surface area contributed by atoms with Gasteiger partial charge in [0.05, 0.1) is 6.61 Å². The summed E-state index contributed by atoms with van der Waals surface area (Å²) >= 11 is 12.7. The lowest BCUT2D eigenvalue weighted by atomic mass is 10.0. The standard InChI is InChI=1S/C17H19Cl2NO/c1-3-12-14(18)9-15(19)13(4-2)17(12)20-16-8-6-5-7-11(16)10-21/h5-9,20-21H,3-4,10H2,1-2H3. The maximum Gasteiger partial charge on any atom is 0.0702 e. The van der Waals surface area contributed by atoms with Gasteiger partial charge < -0.3 is 10.4 Å². The third-order valence-corrected chi connectivity index (χ3v) is 4.26. The lowest BCUT2D eigenvalue weighted by Gasteiger charge is -2.19. The lowest BCUT2D eigenvalue weighted by molar-refractivity contribution is 0.282. The van der Waals surface area contributed by atoms with Gasteiger partial charge in [-0.1, -0.05) is 55.2 Å². The van der Waals surface area contributed by atoms with Crippen LogP contribution in [-0.2, 0) is 19.4 Å². The smallest absolute Gasteiger partial charge is 0.0702 e. The van der Waals surface area contributed by atoms with Crippen molar-refractivity contribution in [2.45, 2.75) is 33.3 Å². The van der Waals surface area contributed by atoms with E-state index in [0.29, 0.717) is 10.0 Å². The number of anilines is 2. The zero-order chi connectivity index (χ0) is 15.4. The molecule has 0 bridgehead atoms. The number of aliphatic hydroxyl groups is 1. The Kier molecular flexibility index (Phi) is 5.51. The van der Waals surface area contributed by atoms with Crippen LogP contribution in [0.2, 0.25) is 10.0 Å². The second kappa shape index (κ2) is 7.17. The number of halogens is 2. The average molecular weight is 324 g/mol. The van der Waals surface area contributed by atoms with Crippen molar-refractivity contribution in [2.24, 2.45) is 0 Å². The predicted molar refractivity (Wildman–Crippen MR) is 90.9 cm³/mol. The Morgan fingerprint density at radius 3 is 2.10 bits per heavy atom. The number of nitrogens with one attached hydrogen (secondary N) is 1. The van der Waals surface area contributed by atoms with Crippen LogP contribution in [0, 0.1) is 0 Å². The van der Waals surface area contributed by atoms with Crippen molar-refractivity contribution in [3.05, 3.63) is 57.1 Å². The summed E-state index contributed by atoms with van der Waals surface area (Å²) in [5, 5.41) is 14.2. The molecule has 0 fully saturated rings. The van der Waals surface area contributed by atoms with Gasteiger partial charge in [0.2, 0.25) is 0 Å². The summed E-state index contributed by atoms with van der Waals surface area (Å²) in [5.41, 5.74) is 4.77. The molecule has 2 nitrogen and oxygen atoms in total. The number of rotatable bonds is 5. The molecule has 0 aliphatic heterocycles. The van der Waals surface area contributed by atoms with E-state index in [0.717, 1.165) is 40.9 Å². The van der Waals surface area contributed by atoms with E-state index in [4.69, 9.17) is 23.2 Å². The lowest BCUT2D eigenvalue weighted by Crippen LogP contribution is -2.04. The van der Waals surface area contributed by atoms with Crippen LogP contribution in [-0.4, -0.2) is 5.11 Å². The Bertz CT molecular complexity index is 613. The highest BCUT2D eigenvalue weighted by molar-refractivity contribution is 6.36. The van der Waals surface area contributed by atoms with Gasteiger partial charge in [0, 0.05) is 27.0 Å². The summed E-state index contributed by atoms with van der Waals surface area (Å²) in [7, 11) is 0. The molecule has 0 heterocycles. The van der Waals surface area contributed by atoms with E-state index in [-0.39, 0.29) is 6.61 Å². The molecule has 2 aromatic carbocycles. The molecule has 0 unspecified atom stereocenters. The van der Waals surface area contributed by atoms with E-state index in [1.807, 2.05) is 30.3 Å². The van der Waals surface area contributed by atoms with Crippen LogP contribution in [0.4, 0.5) is 11.4 Å². The minimum absolute atomic E-state index is 0.0135. The number of para-hydroxylation sites is 1. The largest absolute Gasteiger partial charge is 0.392 e. The van der Waals surface area contributed by atoms with Gasteiger partial charge >= 0.3 is 0 Å². The summed E-state index contributed by atoms with van der Waals surface area (Å²) in [6.07, 6.45) is 1.62. The summed E-state index contributed by atoms with van der Waals surface area (Å²) < 4.78 is 0. The summed E-state index contributed by atoms with van der Waals surface area (Å²) in [6.45, 7) is 4.12. The van der Waals surface area contributed by atoms with Gasteiger partial charge in [0.15, 0.2) is 0 Å². The molecule has 2 rings (SSSR count). The minimum atomic E-state index is -0.0135. The summed E-state index contributed by atoms with van der Waals surface area (Å²) in [6, 6.07) is 9.49. The zero-order valence-electron chi connectivity index (χ0n) is 12.2. The van der Waals surface area contributed by atoms with Crippen LogP contribution >= 0.6 is 23.2 Å². The number of hydrogen-bond acceptors (Lipinski definition) is 2. The fraction of sp³-hybridized carbons (Fsp3) is 0.294. The van der Waals surface area contributed by atoms with E-state index in [2.05, 4.69) is 19.2 Å². The molecule has 0 saturated heterocycles. The van der Waals surface area contributed by atoms with Crippen LogP contribution in [0.15, 0.2) is 30.3 Å². The van der Waals surface area contributed by atoms with Crippen molar-refractivity contribution >= 4 is 34.6 Å². The van der Waals surface area contributed by atoms with Crippen LogP contribution in [0.1, 0.15) is 30.5 Å². The molecule has 4 heteroatoms. The van der Waals surface area contributed by atoms with Crippen molar-refractivity contribution in [1.82, 2.24) is 0 Å². The fourth-order valence-electron chi connectivity index (χ4n) is 2.46. The number of hydrogen-bond donors (Lipinski definition) is 2. The monoisotopic (exact) mass is 323 g/mol. The summed E-state index contributed by atoms with van der Waals surface area (Å²) in [5.74, 6) is 0. The van der Waals surface area contributed by atoms with E-state index in [9.17, 15) is 5.11 Å². The van der Waals surface area contributed by atoms with Gasteiger partial charge in [-0.25, -0.2) is 0 Å². The molecular formula is C17H19Cl2NO. The zero-order valence-corrected chi connectivity index (χ0v) is 13.7. The Balaban J connectivity index is 2.57. The molecule has 2 N–H and O–H groups in total. The van der Waals surface area contributed by atoms with Gasteiger partial charge in [0.1, 0.15) is 0 Å². The second-order valence-corrected chi connectivity index (χ2v) is 5.63. The maximum atomic E-state index is 9.47. The Morgan fingerprint density at radius 1 is 1.00 bits per heavy atom. The molecule has 112 valence electrons. The molecule has 2 aromatic rings. The van der Waals surface area contributed by atoms with Gasteiger partial charge in [0.25, 0.3) is 0 Å². The quantitative estimate of drug-likeness (QED) is 0.776. The molecule has 0 aliphatic carbocycles. The van der Waals surface area contributed by atoms with Crippen LogP contribution in [0.3, 0.4) is 0 Å². The van der Waals surface area contributed by atoms with Crippen molar-refractivity contribution in [3.8, 4) is 0 Å². The molecular weight excluding hydrogens is 305 g/mol. The Hall–Kier alpha value is -1.22. The van der Waals surface area contributed by atoms with Crippen molar-refractivity contribution in [2.75, 3.05) is 5.32 Å². The van der Waals surface area contributed by atoms with Crippen LogP contribution < -0.4 is 5.32 Å². The molecule has 0 spiro atoms. The third-order valence-electron chi connectivity index (χ3n) is 3.59. The highest BCUT2D eigenvalue weighted by Gasteiger charge is 2.15. The molecule has 0 amide bonds. The first-order chi connectivity index (χ1) is 10.1. The van der Waals surface area contributed by atoms with Crippen molar-refractivity contribution < 1.29 is 5.11 Å². The number of aliphatic hydroxyl groups excluding tert-OH is 1. The third kappa shape index (κ3) is 3.34. The van der Waals surface area contributed by atoms with E-state index < -0.39 is 0 Å². The molecule has 0 radical (unpaired) electrons. The first-order valence-corrected chi connectivity index (χ1v) is 7.83. The molecule has 0 saturated carbocycles. The van der Waals surface area contributed by atoms with Gasteiger partial charge in [-0.3, -0.25) is 0 Å². The highest BCUT2D eigenvalue weighted by atomic mass is 35.5. The van der Waals surface area contributed by atoms with Gasteiger partial charge in [-0.05, 0) is 36.1 Å². The van der Waals surface area contributed by atoms with Crippen LogP contribution in [0.5, 0.6) is 0 Å². The van der Waals surface area contributed by atoms with Crippen molar-refractivity contribution in [3.63, 3.8) is 0 Å².